The van der Waals surface area contributed by atoms with Crippen molar-refractivity contribution in [2.24, 2.45) is 0 Å². The fraction of sp³-hybridized carbons (Fsp3) is 0.333. The van der Waals surface area contributed by atoms with Gasteiger partial charge < -0.3 is 10.6 Å². The Morgan fingerprint density at radius 1 is 1.62 bits per heavy atom. The Morgan fingerprint density at radius 2 is 2.46 bits per heavy atom. The number of fused-ring (bicyclic) bond motifs is 1. The minimum absolute atomic E-state index is 0.0115. The van der Waals surface area contributed by atoms with Crippen molar-refractivity contribution < 1.29 is 4.79 Å². The van der Waals surface area contributed by atoms with Crippen molar-refractivity contribution in [1.29, 1.82) is 0 Å². The first kappa shape index (κ1) is 8.04. The average molecular weight is 177 g/mol. The molecule has 13 heavy (non-hydrogen) atoms. The summed E-state index contributed by atoms with van der Waals surface area (Å²) in [7, 11) is 0. The number of pyridine rings is 1. The molecule has 1 aromatic heterocycles. The van der Waals surface area contributed by atoms with Gasteiger partial charge in [-0.15, -0.1) is 0 Å². The van der Waals surface area contributed by atoms with Crippen molar-refractivity contribution in [2.45, 2.75) is 13.3 Å². The maximum Gasteiger partial charge on any atom is 0.243 e. The number of carbonyl (C=O) groups excluding carboxylic acids is 1. The van der Waals surface area contributed by atoms with Gasteiger partial charge in [0.25, 0.3) is 0 Å². The van der Waals surface area contributed by atoms with Crippen LogP contribution in [0.25, 0.3) is 0 Å². The zero-order valence-electron chi connectivity index (χ0n) is 7.42. The predicted octanol–water partition coefficient (Wildman–Crippen LogP) is 1.01. The van der Waals surface area contributed by atoms with Crippen molar-refractivity contribution in [3.63, 3.8) is 0 Å². The van der Waals surface area contributed by atoms with Crippen LogP contribution in [0.1, 0.15) is 12.5 Å². The summed E-state index contributed by atoms with van der Waals surface area (Å²) in [6.45, 7) is 2.37. The normalized spacial score (nSPS) is 14.4. The summed E-state index contributed by atoms with van der Waals surface area (Å²) in [5.74, 6) is 0.749. The van der Waals surface area contributed by atoms with Gasteiger partial charge in [0.2, 0.25) is 5.91 Å². The van der Waals surface area contributed by atoms with Gasteiger partial charge in [-0.25, -0.2) is 4.98 Å². The second kappa shape index (κ2) is 3.05. The lowest BCUT2D eigenvalue weighted by Gasteiger charge is -2.17. The first-order chi connectivity index (χ1) is 6.29. The van der Waals surface area contributed by atoms with E-state index in [1.54, 1.807) is 0 Å². The lowest BCUT2D eigenvalue weighted by atomic mass is 10.2. The molecule has 0 spiro atoms. The topological polar surface area (TPSA) is 54.0 Å². The molecule has 4 nitrogen and oxygen atoms in total. The van der Waals surface area contributed by atoms with Gasteiger partial charge >= 0.3 is 0 Å². The molecule has 0 saturated carbocycles. The van der Waals surface area contributed by atoms with E-state index in [2.05, 4.69) is 22.5 Å². The third kappa shape index (κ3) is 1.47. The van der Waals surface area contributed by atoms with Crippen LogP contribution in [-0.2, 0) is 11.2 Å². The molecule has 2 rings (SSSR count). The zero-order valence-corrected chi connectivity index (χ0v) is 7.42. The molecule has 0 radical (unpaired) electrons. The van der Waals surface area contributed by atoms with Crippen LogP contribution in [0.3, 0.4) is 0 Å². The molecular formula is C9H11N3O. The second-order valence-corrected chi connectivity index (χ2v) is 3.00. The highest BCUT2D eigenvalue weighted by molar-refractivity contribution is 5.99. The average Bonchev–Trinajstić information content (AvgIpc) is 2.16. The number of amides is 1. The van der Waals surface area contributed by atoms with Gasteiger partial charge in [-0.3, -0.25) is 4.79 Å². The van der Waals surface area contributed by atoms with E-state index < -0.39 is 0 Å². The molecule has 0 bridgehead atoms. The SMILES string of the molecule is CCc1cnc2c(c1)NC(=O)CN2. The Labute approximate surface area is 76.4 Å². The van der Waals surface area contributed by atoms with Gasteiger partial charge in [0.05, 0.1) is 12.2 Å². The number of hydrogen-bond donors (Lipinski definition) is 2. The summed E-state index contributed by atoms with van der Waals surface area (Å²) >= 11 is 0. The lowest BCUT2D eigenvalue weighted by Crippen LogP contribution is -2.28. The third-order valence-electron chi connectivity index (χ3n) is 2.04. The third-order valence-corrected chi connectivity index (χ3v) is 2.04. The Kier molecular flexibility index (Phi) is 1.88. The molecule has 68 valence electrons. The van der Waals surface area contributed by atoms with Gasteiger partial charge in [0.15, 0.2) is 0 Å². The molecule has 1 aliphatic rings. The van der Waals surface area contributed by atoms with E-state index in [0.717, 1.165) is 23.5 Å². The molecule has 1 aromatic rings. The highest BCUT2D eigenvalue weighted by Gasteiger charge is 2.14. The van der Waals surface area contributed by atoms with E-state index in [1.807, 2.05) is 12.3 Å². The number of aryl methyl sites for hydroxylation is 1. The predicted molar refractivity (Wildman–Crippen MR) is 50.7 cm³/mol. The number of anilines is 2. The van der Waals surface area contributed by atoms with Gasteiger partial charge in [0.1, 0.15) is 5.82 Å². The maximum absolute atomic E-state index is 11.0. The molecule has 0 fully saturated rings. The summed E-state index contributed by atoms with van der Waals surface area (Å²) in [4.78, 5) is 15.2. The fourth-order valence-corrected chi connectivity index (χ4v) is 1.30. The van der Waals surface area contributed by atoms with Crippen LogP contribution in [0.4, 0.5) is 11.5 Å². The quantitative estimate of drug-likeness (QED) is 0.673. The van der Waals surface area contributed by atoms with Crippen LogP contribution in [0.15, 0.2) is 12.3 Å². The van der Waals surface area contributed by atoms with Gasteiger partial charge in [-0.2, -0.15) is 0 Å². The van der Waals surface area contributed by atoms with Crippen molar-refractivity contribution in [2.75, 3.05) is 17.2 Å². The molecule has 1 amide bonds. The van der Waals surface area contributed by atoms with Crippen LogP contribution >= 0.6 is 0 Å². The fourth-order valence-electron chi connectivity index (χ4n) is 1.30. The highest BCUT2D eigenvalue weighted by Crippen LogP contribution is 2.22. The summed E-state index contributed by atoms with van der Waals surface area (Å²) in [6, 6.07) is 1.95. The van der Waals surface area contributed by atoms with E-state index in [0.29, 0.717) is 6.54 Å². The summed E-state index contributed by atoms with van der Waals surface area (Å²) < 4.78 is 0. The van der Waals surface area contributed by atoms with Crippen LogP contribution in [0.5, 0.6) is 0 Å². The summed E-state index contributed by atoms with van der Waals surface area (Å²) in [6.07, 6.45) is 2.75. The second-order valence-electron chi connectivity index (χ2n) is 3.00. The lowest BCUT2D eigenvalue weighted by molar-refractivity contribution is -0.114. The van der Waals surface area contributed by atoms with Crippen LogP contribution in [-0.4, -0.2) is 17.4 Å². The Bertz CT molecular complexity index is 349. The standard InChI is InChI=1S/C9H11N3O/c1-2-6-3-7-9(10-4-6)11-5-8(13)12-7/h3-4H,2,5H2,1H3,(H,10,11)(H,12,13). The zero-order chi connectivity index (χ0) is 9.26. The summed E-state index contributed by atoms with van der Waals surface area (Å²) in [5.41, 5.74) is 1.92. The summed E-state index contributed by atoms with van der Waals surface area (Å²) in [5, 5.41) is 5.71. The van der Waals surface area contributed by atoms with Crippen molar-refractivity contribution in [3.8, 4) is 0 Å². The highest BCUT2D eigenvalue weighted by atomic mass is 16.2. The molecule has 0 atom stereocenters. The van der Waals surface area contributed by atoms with E-state index >= 15 is 0 Å². The van der Waals surface area contributed by atoms with Crippen molar-refractivity contribution in [1.82, 2.24) is 4.98 Å². The number of nitrogens with one attached hydrogen (secondary N) is 2. The number of carbonyl (C=O) groups is 1. The van der Waals surface area contributed by atoms with E-state index in [-0.39, 0.29) is 5.91 Å². The van der Waals surface area contributed by atoms with Gasteiger partial charge in [-0.1, -0.05) is 6.92 Å². The molecule has 0 aliphatic carbocycles. The molecular weight excluding hydrogens is 166 g/mol. The van der Waals surface area contributed by atoms with Gasteiger partial charge in [-0.05, 0) is 18.1 Å². The smallest absolute Gasteiger partial charge is 0.243 e. The Balaban J connectivity index is 2.38. The van der Waals surface area contributed by atoms with E-state index in [9.17, 15) is 4.79 Å². The molecule has 4 heteroatoms. The van der Waals surface area contributed by atoms with Crippen LogP contribution in [0, 0.1) is 0 Å². The van der Waals surface area contributed by atoms with Crippen molar-refractivity contribution >= 4 is 17.4 Å². The minimum Gasteiger partial charge on any atom is -0.359 e. The largest absolute Gasteiger partial charge is 0.359 e. The van der Waals surface area contributed by atoms with Gasteiger partial charge in [0, 0.05) is 6.20 Å². The molecule has 1 aliphatic heterocycles. The number of nitrogens with zero attached hydrogens (tertiary/aromatic N) is 1. The first-order valence-corrected chi connectivity index (χ1v) is 4.32. The van der Waals surface area contributed by atoms with Crippen LogP contribution < -0.4 is 10.6 Å². The Hall–Kier alpha value is -1.58. The first-order valence-electron chi connectivity index (χ1n) is 4.32. The number of hydrogen-bond acceptors (Lipinski definition) is 3. The van der Waals surface area contributed by atoms with Crippen LogP contribution in [0.2, 0.25) is 0 Å². The molecule has 0 saturated heterocycles. The minimum atomic E-state index is -0.0115. The van der Waals surface area contributed by atoms with E-state index in [4.69, 9.17) is 0 Å². The molecule has 0 aromatic carbocycles. The molecule has 0 unspecified atom stereocenters. The maximum atomic E-state index is 11.0. The monoisotopic (exact) mass is 177 g/mol. The molecule has 2 heterocycles. The number of rotatable bonds is 1. The number of aromatic nitrogens is 1. The van der Waals surface area contributed by atoms with E-state index in [1.165, 1.54) is 0 Å². The molecule has 2 N–H and O–H groups in total. The van der Waals surface area contributed by atoms with Crippen molar-refractivity contribution in [3.05, 3.63) is 17.8 Å². The Morgan fingerprint density at radius 3 is 3.23 bits per heavy atom.